The molecule has 19 heavy (non-hydrogen) atoms. The predicted molar refractivity (Wildman–Crippen MR) is 79.1 cm³/mol. The van der Waals surface area contributed by atoms with E-state index in [2.05, 4.69) is 16.6 Å². The third-order valence-corrected chi connectivity index (χ3v) is 4.74. The van der Waals surface area contributed by atoms with Gasteiger partial charge in [-0.15, -0.1) is 0 Å². The summed E-state index contributed by atoms with van der Waals surface area (Å²) in [6, 6.07) is 2.41. The lowest BCUT2D eigenvalue weighted by molar-refractivity contribution is 0.347. The van der Waals surface area contributed by atoms with Crippen LogP contribution in [0.2, 0.25) is 0 Å². The van der Waals surface area contributed by atoms with Crippen LogP contribution in [0.1, 0.15) is 25.0 Å². The largest absolute Gasteiger partial charge is 0.493 e. The summed E-state index contributed by atoms with van der Waals surface area (Å²) in [6.07, 6.45) is 7.75. The molecule has 2 rings (SSSR count). The Bertz CT molecular complexity index is 414. The molecule has 1 N–H and O–H groups in total. The van der Waals surface area contributed by atoms with E-state index in [1.807, 2.05) is 17.8 Å². The molecule has 1 heterocycles. The zero-order valence-corrected chi connectivity index (χ0v) is 12.6. The summed E-state index contributed by atoms with van der Waals surface area (Å²) in [7, 11) is 3.30. The van der Waals surface area contributed by atoms with Gasteiger partial charge in [-0.2, -0.15) is 11.8 Å². The molecular weight excluding hydrogens is 260 g/mol. The first-order valence-corrected chi connectivity index (χ1v) is 7.89. The zero-order chi connectivity index (χ0) is 13.7. The van der Waals surface area contributed by atoms with Gasteiger partial charge in [-0.05, 0) is 25.5 Å². The summed E-state index contributed by atoms with van der Waals surface area (Å²) in [5, 5.41) is 4.38. The normalized spacial score (nSPS) is 22.5. The first-order chi connectivity index (χ1) is 9.28. The Kier molecular flexibility index (Phi) is 5.34. The van der Waals surface area contributed by atoms with E-state index in [0.717, 1.165) is 29.0 Å². The number of aromatic nitrogens is 1. The highest BCUT2D eigenvalue weighted by atomic mass is 32.2. The minimum Gasteiger partial charge on any atom is -0.493 e. The maximum absolute atomic E-state index is 5.39. The van der Waals surface area contributed by atoms with Gasteiger partial charge in [0.05, 0.1) is 19.9 Å². The molecule has 5 heteroatoms. The van der Waals surface area contributed by atoms with Gasteiger partial charge in [0.2, 0.25) is 0 Å². The number of hydrogen-bond donors (Lipinski definition) is 1. The number of thioether (sulfide) groups is 1. The molecule has 1 saturated carbocycles. The minimum atomic E-state index is 0.593. The van der Waals surface area contributed by atoms with E-state index in [0.29, 0.717) is 6.04 Å². The molecule has 0 aromatic carbocycles. The molecule has 0 bridgehead atoms. The van der Waals surface area contributed by atoms with Gasteiger partial charge in [0.1, 0.15) is 0 Å². The van der Waals surface area contributed by atoms with Crippen LogP contribution in [-0.4, -0.2) is 36.8 Å². The van der Waals surface area contributed by atoms with Crippen LogP contribution in [0, 0.1) is 0 Å². The zero-order valence-electron chi connectivity index (χ0n) is 11.8. The third-order valence-electron chi connectivity index (χ3n) is 3.64. The van der Waals surface area contributed by atoms with Crippen LogP contribution in [0.3, 0.4) is 0 Å². The van der Waals surface area contributed by atoms with E-state index >= 15 is 0 Å². The number of nitrogens with zero attached hydrogens (tertiary/aromatic N) is 1. The topological polar surface area (TPSA) is 43.4 Å². The molecule has 0 saturated heterocycles. The van der Waals surface area contributed by atoms with Gasteiger partial charge in [0.25, 0.3) is 0 Å². The van der Waals surface area contributed by atoms with E-state index in [4.69, 9.17) is 9.47 Å². The van der Waals surface area contributed by atoms with E-state index in [1.165, 1.54) is 19.3 Å². The third kappa shape index (κ3) is 3.54. The van der Waals surface area contributed by atoms with Gasteiger partial charge < -0.3 is 14.8 Å². The summed E-state index contributed by atoms with van der Waals surface area (Å²) in [6.45, 7) is 0.728. The SMILES string of the molecule is COc1ccnc(CNC2CCC(SC)C2)c1OC. The monoisotopic (exact) mass is 282 g/mol. The van der Waals surface area contributed by atoms with Gasteiger partial charge in [0, 0.05) is 30.1 Å². The molecule has 1 aromatic rings. The second-order valence-electron chi connectivity index (χ2n) is 4.74. The van der Waals surface area contributed by atoms with Crippen LogP contribution in [0.15, 0.2) is 12.3 Å². The number of hydrogen-bond acceptors (Lipinski definition) is 5. The molecule has 0 aliphatic heterocycles. The average Bonchev–Trinajstić information content (AvgIpc) is 2.92. The van der Waals surface area contributed by atoms with Gasteiger partial charge in [-0.25, -0.2) is 0 Å². The standard InChI is InChI=1S/C14H22N2O2S/c1-17-13-6-7-15-12(14(13)18-2)9-16-10-4-5-11(8-10)19-3/h6-7,10-11,16H,4-5,8-9H2,1-3H3. The van der Waals surface area contributed by atoms with Crippen LogP contribution in [0.5, 0.6) is 11.5 Å². The van der Waals surface area contributed by atoms with Crippen molar-refractivity contribution in [1.82, 2.24) is 10.3 Å². The fourth-order valence-corrected chi connectivity index (χ4v) is 3.35. The summed E-state index contributed by atoms with van der Waals surface area (Å²) in [4.78, 5) is 4.39. The number of ether oxygens (including phenoxy) is 2. The van der Waals surface area contributed by atoms with Crippen molar-refractivity contribution in [3.05, 3.63) is 18.0 Å². The van der Waals surface area contributed by atoms with Crippen LogP contribution in [-0.2, 0) is 6.54 Å². The van der Waals surface area contributed by atoms with Crippen LogP contribution in [0.25, 0.3) is 0 Å². The number of rotatable bonds is 6. The lowest BCUT2D eigenvalue weighted by Crippen LogP contribution is -2.26. The van der Waals surface area contributed by atoms with Crippen molar-refractivity contribution in [2.45, 2.75) is 37.1 Å². The van der Waals surface area contributed by atoms with Crippen molar-refractivity contribution in [1.29, 1.82) is 0 Å². The van der Waals surface area contributed by atoms with Gasteiger partial charge >= 0.3 is 0 Å². The molecule has 0 radical (unpaired) electrons. The summed E-state index contributed by atoms with van der Waals surface area (Å²) in [5.41, 5.74) is 0.912. The Labute approximate surface area is 119 Å². The molecule has 1 fully saturated rings. The smallest absolute Gasteiger partial charge is 0.183 e. The first kappa shape index (κ1) is 14.5. The maximum Gasteiger partial charge on any atom is 0.183 e. The fourth-order valence-electron chi connectivity index (χ4n) is 2.56. The Hall–Kier alpha value is -0.940. The van der Waals surface area contributed by atoms with Crippen LogP contribution in [0.4, 0.5) is 0 Å². The molecule has 0 amide bonds. The molecule has 0 spiro atoms. The maximum atomic E-state index is 5.39. The summed E-state index contributed by atoms with van der Waals surface area (Å²) >= 11 is 1.97. The molecular formula is C14H22N2O2S. The van der Waals surface area contributed by atoms with Gasteiger partial charge in [-0.1, -0.05) is 0 Å². The van der Waals surface area contributed by atoms with Crippen LogP contribution >= 0.6 is 11.8 Å². The van der Waals surface area contributed by atoms with Crippen molar-refractivity contribution in [2.75, 3.05) is 20.5 Å². The fraction of sp³-hybridized carbons (Fsp3) is 0.643. The Morgan fingerprint density at radius 1 is 1.37 bits per heavy atom. The molecule has 2 atom stereocenters. The highest BCUT2D eigenvalue weighted by Gasteiger charge is 2.24. The summed E-state index contributed by atoms with van der Waals surface area (Å²) < 4.78 is 10.7. The van der Waals surface area contributed by atoms with Crippen molar-refractivity contribution >= 4 is 11.8 Å². The van der Waals surface area contributed by atoms with Crippen molar-refractivity contribution in [2.24, 2.45) is 0 Å². The molecule has 1 aliphatic carbocycles. The van der Waals surface area contributed by atoms with Crippen molar-refractivity contribution in [3.63, 3.8) is 0 Å². The Balaban J connectivity index is 1.96. The highest BCUT2D eigenvalue weighted by molar-refractivity contribution is 7.99. The van der Waals surface area contributed by atoms with Crippen LogP contribution < -0.4 is 14.8 Å². The van der Waals surface area contributed by atoms with Gasteiger partial charge in [-0.3, -0.25) is 4.98 Å². The number of nitrogens with one attached hydrogen (secondary N) is 1. The minimum absolute atomic E-state index is 0.593. The van der Waals surface area contributed by atoms with Crippen molar-refractivity contribution < 1.29 is 9.47 Å². The molecule has 106 valence electrons. The Morgan fingerprint density at radius 2 is 2.21 bits per heavy atom. The Morgan fingerprint density at radius 3 is 2.84 bits per heavy atom. The second-order valence-corrected chi connectivity index (χ2v) is 5.88. The second kappa shape index (κ2) is 7.01. The quantitative estimate of drug-likeness (QED) is 0.868. The lowest BCUT2D eigenvalue weighted by atomic mass is 10.2. The predicted octanol–water partition coefficient (Wildman–Crippen LogP) is 2.47. The number of methoxy groups -OCH3 is 2. The summed E-state index contributed by atoms with van der Waals surface area (Å²) in [5.74, 6) is 1.47. The van der Waals surface area contributed by atoms with E-state index in [1.54, 1.807) is 20.4 Å². The highest BCUT2D eigenvalue weighted by Crippen LogP contribution is 2.31. The molecule has 1 aliphatic rings. The first-order valence-electron chi connectivity index (χ1n) is 6.60. The molecule has 2 unspecified atom stereocenters. The molecule has 4 nitrogen and oxygen atoms in total. The van der Waals surface area contributed by atoms with E-state index in [-0.39, 0.29) is 0 Å². The van der Waals surface area contributed by atoms with E-state index in [9.17, 15) is 0 Å². The van der Waals surface area contributed by atoms with Crippen molar-refractivity contribution in [3.8, 4) is 11.5 Å². The average molecular weight is 282 g/mol. The van der Waals surface area contributed by atoms with Gasteiger partial charge in [0.15, 0.2) is 11.5 Å². The molecule has 1 aromatic heterocycles. The lowest BCUT2D eigenvalue weighted by Gasteiger charge is -2.15. The van der Waals surface area contributed by atoms with E-state index < -0.39 is 0 Å². The number of pyridine rings is 1.